The van der Waals surface area contributed by atoms with Crippen molar-refractivity contribution in [3.8, 4) is 0 Å². The second-order valence-electron chi connectivity index (χ2n) is 7.10. The molecule has 0 aromatic heterocycles. The summed E-state index contributed by atoms with van der Waals surface area (Å²) in [6, 6.07) is 21.0. The Kier molecular flexibility index (Phi) is 6.92. The summed E-state index contributed by atoms with van der Waals surface area (Å²) >= 11 is 6.11. The number of carbonyl (C=O) groups excluding carboxylic acids is 1. The lowest BCUT2D eigenvalue weighted by molar-refractivity contribution is -0.116. The largest absolute Gasteiger partial charge is 0.324 e. The molecule has 156 valence electrons. The fourth-order valence-corrected chi connectivity index (χ4v) is 4.58. The minimum Gasteiger partial charge on any atom is -0.324 e. The van der Waals surface area contributed by atoms with Crippen LogP contribution in [0.1, 0.15) is 16.7 Å². The van der Waals surface area contributed by atoms with Crippen LogP contribution in [0.2, 0.25) is 5.02 Å². The van der Waals surface area contributed by atoms with Gasteiger partial charge in [0.15, 0.2) is 0 Å². The third-order valence-corrected chi connectivity index (χ3v) is 6.70. The lowest BCUT2D eigenvalue weighted by Crippen LogP contribution is -2.37. The molecule has 0 heterocycles. The molecular formula is C23H23ClN2O3S. The van der Waals surface area contributed by atoms with Crippen LogP contribution in [0.15, 0.2) is 77.7 Å². The number of aryl methyl sites for hydroxylation is 2. The molecule has 5 nitrogen and oxygen atoms in total. The van der Waals surface area contributed by atoms with Gasteiger partial charge in [-0.2, -0.15) is 4.31 Å². The van der Waals surface area contributed by atoms with E-state index in [0.29, 0.717) is 10.7 Å². The van der Waals surface area contributed by atoms with Gasteiger partial charge >= 0.3 is 0 Å². The Morgan fingerprint density at radius 1 is 0.933 bits per heavy atom. The summed E-state index contributed by atoms with van der Waals surface area (Å²) in [7, 11) is -3.89. The Bertz CT molecular complexity index is 1150. The van der Waals surface area contributed by atoms with Gasteiger partial charge in [-0.05, 0) is 43.7 Å². The lowest BCUT2D eigenvalue weighted by Gasteiger charge is -2.22. The van der Waals surface area contributed by atoms with Crippen molar-refractivity contribution in [1.29, 1.82) is 0 Å². The number of benzene rings is 3. The van der Waals surface area contributed by atoms with Crippen LogP contribution in [-0.2, 0) is 21.4 Å². The summed E-state index contributed by atoms with van der Waals surface area (Å²) in [5.41, 5.74) is 3.21. The highest BCUT2D eigenvalue weighted by Gasteiger charge is 2.27. The molecule has 30 heavy (non-hydrogen) atoms. The van der Waals surface area contributed by atoms with E-state index in [4.69, 9.17) is 11.6 Å². The van der Waals surface area contributed by atoms with Crippen LogP contribution in [0.5, 0.6) is 0 Å². The van der Waals surface area contributed by atoms with Crippen molar-refractivity contribution in [1.82, 2.24) is 4.31 Å². The fraction of sp³-hybridized carbons (Fsp3) is 0.174. The van der Waals surface area contributed by atoms with E-state index in [-0.39, 0.29) is 18.0 Å². The van der Waals surface area contributed by atoms with Crippen molar-refractivity contribution in [2.75, 3.05) is 11.9 Å². The predicted molar refractivity (Wildman–Crippen MR) is 120 cm³/mol. The maximum atomic E-state index is 13.3. The first-order valence-electron chi connectivity index (χ1n) is 9.42. The highest BCUT2D eigenvalue weighted by Crippen LogP contribution is 2.22. The van der Waals surface area contributed by atoms with E-state index in [0.717, 1.165) is 16.7 Å². The van der Waals surface area contributed by atoms with Crippen molar-refractivity contribution < 1.29 is 13.2 Å². The minimum absolute atomic E-state index is 0.0772. The second-order valence-corrected chi connectivity index (χ2v) is 9.45. The van der Waals surface area contributed by atoms with Gasteiger partial charge in [0.1, 0.15) is 0 Å². The summed E-state index contributed by atoms with van der Waals surface area (Å²) in [6.07, 6.45) is 0. The number of hydrogen-bond acceptors (Lipinski definition) is 3. The summed E-state index contributed by atoms with van der Waals surface area (Å²) in [5, 5.41) is 3.08. The maximum absolute atomic E-state index is 13.3. The predicted octanol–water partition coefficient (Wildman–Crippen LogP) is 4.79. The molecule has 0 fully saturated rings. The molecule has 0 saturated carbocycles. The molecule has 0 spiro atoms. The maximum Gasteiger partial charge on any atom is 0.243 e. The second kappa shape index (κ2) is 9.43. The number of nitrogens with one attached hydrogen (secondary N) is 1. The SMILES string of the molecule is Cc1ccc(S(=O)(=O)N(CC(=O)Nc2ccccc2Cl)Cc2cccc(C)c2)cc1. The fourth-order valence-electron chi connectivity index (χ4n) is 3.01. The first-order chi connectivity index (χ1) is 14.3. The summed E-state index contributed by atoms with van der Waals surface area (Å²) < 4.78 is 27.8. The minimum atomic E-state index is -3.89. The topological polar surface area (TPSA) is 66.5 Å². The van der Waals surface area contributed by atoms with Crippen LogP contribution < -0.4 is 5.32 Å². The van der Waals surface area contributed by atoms with Gasteiger partial charge in [-0.25, -0.2) is 8.42 Å². The van der Waals surface area contributed by atoms with Gasteiger partial charge in [-0.1, -0.05) is 71.3 Å². The number of sulfonamides is 1. The Morgan fingerprint density at radius 3 is 2.30 bits per heavy atom. The average Bonchev–Trinajstić information content (AvgIpc) is 2.69. The van der Waals surface area contributed by atoms with Crippen LogP contribution in [-0.4, -0.2) is 25.2 Å². The molecule has 1 N–H and O–H groups in total. The summed E-state index contributed by atoms with van der Waals surface area (Å²) in [4.78, 5) is 12.8. The van der Waals surface area contributed by atoms with Gasteiger partial charge in [0.2, 0.25) is 15.9 Å². The van der Waals surface area contributed by atoms with Gasteiger partial charge in [0.25, 0.3) is 0 Å². The number of nitrogens with zero attached hydrogens (tertiary/aromatic N) is 1. The van der Waals surface area contributed by atoms with E-state index >= 15 is 0 Å². The Balaban J connectivity index is 1.89. The molecule has 0 bridgehead atoms. The molecule has 0 saturated heterocycles. The lowest BCUT2D eigenvalue weighted by atomic mass is 10.1. The van der Waals surface area contributed by atoms with Gasteiger partial charge in [-0.15, -0.1) is 0 Å². The van der Waals surface area contributed by atoms with E-state index in [1.54, 1.807) is 48.5 Å². The van der Waals surface area contributed by atoms with Gasteiger partial charge < -0.3 is 5.32 Å². The number of carbonyl (C=O) groups is 1. The highest BCUT2D eigenvalue weighted by molar-refractivity contribution is 7.89. The molecule has 0 unspecified atom stereocenters. The zero-order chi connectivity index (χ0) is 21.7. The molecule has 0 aliphatic carbocycles. The first kappa shape index (κ1) is 22.0. The van der Waals surface area contributed by atoms with E-state index in [2.05, 4.69) is 5.32 Å². The Morgan fingerprint density at radius 2 is 1.63 bits per heavy atom. The van der Waals surface area contributed by atoms with Crippen molar-refractivity contribution in [2.45, 2.75) is 25.3 Å². The van der Waals surface area contributed by atoms with E-state index in [1.807, 2.05) is 38.1 Å². The number of rotatable bonds is 7. The smallest absolute Gasteiger partial charge is 0.243 e. The Labute approximate surface area is 182 Å². The third-order valence-electron chi connectivity index (χ3n) is 4.57. The molecule has 0 radical (unpaired) electrons. The van der Waals surface area contributed by atoms with Crippen molar-refractivity contribution >= 4 is 33.2 Å². The van der Waals surface area contributed by atoms with Crippen LogP contribution in [0, 0.1) is 13.8 Å². The van der Waals surface area contributed by atoms with Crippen molar-refractivity contribution in [3.05, 3.63) is 94.5 Å². The highest BCUT2D eigenvalue weighted by atomic mass is 35.5. The summed E-state index contributed by atoms with van der Waals surface area (Å²) in [5.74, 6) is -0.466. The van der Waals surface area contributed by atoms with Crippen LogP contribution >= 0.6 is 11.6 Å². The van der Waals surface area contributed by atoms with E-state index in [9.17, 15) is 13.2 Å². The molecule has 0 atom stereocenters. The van der Waals surface area contributed by atoms with Crippen LogP contribution in [0.3, 0.4) is 0 Å². The summed E-state index contributed by atoms with van der Waals surface area (Å²) in [6.45, 7) is 3.56. The van der Waals surface area contributed by atoms with Crippen molar-refractivity contribution in [2.24, 2.45) is 0 Å². The van der Waals surface area contributed by atoms with E-state index in [1.165, 1.54) is 4.31 Å². The number of anilines is 1. The normalized spacial score (nSPS) is 11.5. The zero-order valence-electron chi connectivity index (χ0n) is 16.8. The number of amides is 1. The zero-order valence-corrected chi connectivity index (χ0v) is 18.4. The molecule has 3 aromatic carbocycles. The van der Waals surface area contributed by atoms with E-state index < -0.39 is 15.9 Å². The Hall–Kier alpha value is -2.67. The monoisotopic (exact) mass is 442 g/mol. The number of para-hydroxylation sites is 1. The van der Waals surface area contributed by atoms with Gasteiger partial charge in [0, 0.05) is 6.54 Å². The molecule has 0 aliphatic rings. The number of halogens is 1. The van der Waals surface area contributed by atoms with Crippen LogP contribution in [0.4, 0.5) is 5.69 Å². The quantitative estimate of drug-likeness (QED) is 0.572. The molecular weight excluding hydrogens is 420 g/mol. The molecule has 1 amide bonds. The third kappa shape index (κ3) is 5.48. The molecule has 0 aliphatic heterocycles. The number of hydrogen-bond donors (Lipinski definition) is 1. The standard InChI is InChI=1S/C23H23ClN2O3S/c1-17-10-12-20(13-11-17)30(28,29)26(15-19-7-5-6-18(2)14-19)16-23(27)25-22-9-4-3-8-21(22)24/h3-14H,15-16H2,1-2H3,(H,25,27). The van der Waals surface area contributed by atoms with Gasteiger partial charge in [-0.3, -0.25) is 4.79 Å². The molecule has 3 aromatic rings. The van der Waals surface area contributed by atoms with Gasteiger partial charge in [0.05, 0.1) is 22.2 Å². The van der Waals surface area contributed by atoms with Crippen molar-refractivity contribution in [3.63, 3.8) is 0 Å². The molecule has 7 heteroatoms. The van der Waals surface area contributed by atoms with Crippen LogP contribution in [0.25, 0.3) is 0 Å². The average molecular weight is 443 g/mol. The molecule has 3 rings (SSSR count). The first-order valence-corrected chi connectivity index (χ1v) is 11.2.